The van der Waals surface area contributed by atoms with Crippen molar-refractivity contribution in [1.82, 2.24) is 20.4 Å². The summed E-state index contributed by atoms with van der Waals surface area (Å²) in [7, 11) is 0. The molecule has 1 N–H and O–H groups in total. The maximum atomic E-state index is 13.3. The molecule has 4 aromatic rings. The number of benzene rings is 3. The lowest BCUT2D eigenvalue weighted by molar-refractivity contribution is -0.131. The predicted octanol–water partition coefficient (Wildman–Crippen LogP) is 4.51. The minimum Gasteiger partial charge on any atom is -0.337 e. The van der Waals surface area contributed by atoms with E-state index in [2.05, 4.69) is 15.5 Å². The first-order valence-corrected chi connectivity index (χ1v) is 10.0. The van der Waals surface area contributed by atoms with E-state index in [1.807, 2.05) is 42.5 Å². The minimum absolute atomic E-state index is 0.119. The van der Waals surface area contributed by atoms with Crippen LogP contribution in [0.4, 0.5) is 4.79 Å². The lowest BCUT2D eigenvalue weighted by atomic mass is 9.88. The van der Waals surface area contributed by atoms with Crippen molar-refractivity contribution in [3.63, 3.8) is 0 Å². The lowest BCUT2D eigenvalue weighted by Crippen LogP contribution is -2.41. The van der Waals surface area contributed by atoms with E-state index in [1.165, 1.54) is 0 Å². The number of hydrogen-bond acceptors (Lipinski definition) is 5. The largest absolute Gasteiger partial charge is 0.337 e. The van der Waals surface area contributed by atoms with Gasteiger partial charge in [0.05, 0.1) is 0 Å². The number of imide groups is 1. The molecule has 0 bridgehead atoms. The second kappa shape index (κ2) is 7.21. The summed E-state index contributed by atoms with van der Waals surface area (Å²) in [6.45, 7) is 1.59. The van der Waals surface area contributed by atoms with Crippen LogP contribution >= 0.6 is 11.6 Å². The molecule has 1 atom stereocenters. The van der Waals surface area contributed by atoms with Crippen molar-refractivity contribution in [1.29, 1.82) is 0 Å². The van der Waals surface area contributed by atoms with E-state index in [1.54, 1.807) is 31.2 Å². The number of aromatic nitrogens is 2. The van der Waals surface area contributed by atoms with E-state index in [-0.39, 0.29) is 18.3 Å². The summed E-state index contributed by atoms with van der Waals surface area (Å²) in [5, 5.41) is 9.28. The molecule has 1 fully saturated rings. The van der Waals surface area contributed by atoms with Crippen molar-refractivity contribution in [3.8, 4) is 11.4 Å². The summed E-state index contributed by atoms with van der Waals surface area (Å²) in [6, 6.07) is 19.9. The van der Waals surface area contributed by atoms with Gasteiger partial charge in [0.1, 0.15) is 12.1 Å². The Morgan fingerprint density at radius 3 is 2.58 bits per heavy atom. The topological polar surface area (TPSA) is 88.3 Å². The van der Waals surface area contributed by atoms with E-state index in [0.717, 1.165) is 26.8 Å². The number of carbonyl (C=O) groups excluding carboxylic acids is 2. The van der Waals surface area contributed by atoms with Gasteiger partial charge in [-0.15, -0.1) is 0 Å². The molecular weight excluding hydrogens is 416 g/mol. The van der Waals surface area contributed by atoms with Crippen LogP contribution in [0.5, 0.6) is 0 Å². The van der Waals surface area contributed by atoms with E-state index in [0.29, 0.717) is 10.8 Å². The standard InChI is InChI=1S/C23H17ClN4O3/c1-23(18-8-4-6-14-5-2-3-7-17(14)18)21(29)28(22(30)26-23)13-19-25-20(27-31-19)15-9-11-16(24)12-10-15/h2-12H,13H2,1H3,(H,26,30). The highest BCUT2D eigenvalue weighted by molar-refractivity contribution is 6.30. The Morgan fingerprint density at radius 2 is 1.77 bits per heavy atom. The quantitative estimate of drug-likeness (QED) is 0.479. The van der Waals surface area contributed by atoms with Crippen LogP contribution in [0.2, 0.25) is 5.02 Å². The first kappa shape index (κ1) is 19.3. The third kappa shape index (κ3) is 3.23. The zero-order valence-electron chi connectivity index (χ0n) is 16.5. The predicted molar refractivity (Wildman–Crippen MR) is 115 cm³/mol. The fourth-order valence-corrected chi connectivity index (χ4v) is 3.98. The Balaban J connectivity index is 1.44. The van der Waals surface area contributed by atoms with Crippen LogP contribution in [0.25, 0.3) is 22.2 Å². The highest BCUT2D eigenvalue weighted by Crippen LogP contribution is 2.34. The molecule has 5 rings (SSSR count). The highest BCUT2D eigenvalue weighted by atomic mass is 35.5. The Labute approximate surface area is 182 Å². The van der Waals surface area contributed by atoms with Crippen LogP contribution < -0.4 is 5.32 Å². The monoisotopic (exact) mass is 432 g/mol. The lowest BCUT2D eigenvalue weighted by Gasteiger charge is -2.23. The Hall–Kier alpha value is -3.71. The number of hydrogen-bond donors (Lipinski definition) is 1. The fourth-order valence-electron chi connectivity index (χ4n) is 3.86. The maximum Gasteiger partial charge on any atom is 0.325 e. The molecule has 0 saturated carbocycles. The fraction of sp³-hybridized carbons (Fsp3) is 0.130. The van der Waals surface area contributed by atoms with Crippen molar-refractivity contribution in [2.45, 2.75) is 19.0 Å². The second-order valence-electron chi connectivity index (χ2n) is 7.49. The molecule has 0 aliphatic carbocycles. The van der Waals surface area contributed by atoms with Gasteiger partial charge in [-0.3, -0.25) is 9.69 Å². The van der Waals surface area contributed by atoms with Gasteiger partial charge < -0.3 is 9.84 Å². The Bertz CT molecular complexity index is 1310. The number of rotatable bonds is 4. The van der Waals surface area contributed by atoms with Crippen molar-refractivity contribution >= 4 is 34.3 Å². The van der Waals surface area contributed by atoms with Crippen molar-refractivity contribution in [2.75, 3.05) is 0 Å². The van der Waals surface area contributed by atoms with Crippen molar-refractivity contribution in [3.05, 3.63) is 83.2 Å². The SMILES string of the molecule is CC1(c2cccc3ccccc23)NC(=O)N(Cc2nc(-c3ccc(Cl)cc3)no2)C1=O. The smallest absolute Gasteiger partial charge is 0.325 e. The number of halogens is 1. The first-order valence-electron chi connectivity index (χ1n) is 9.66. The number of nitrogens with zero attached hydrogens (tertiary/aromatic N) is 3. The summed E-state index contributed by atoms with van der Waals surface area (Å²) in [6.07, 6.45) is 0. The second-order valence-corrected chi connectivity index (χ2v) is 7.93. The number of amides is 3. The van der Waals surface area contributed by atoms with Crippen LogP contribution in [0, 0.1) is 0 Å². The normalized spacial score (nSPS) is 18.6. The van der Waals surface area contributed by atoms with Crippen LogP contribution in [-0.4, -0.2) is 27.0 Å². The Morgan fingerprint density at radius 1 is 1.03 bits per heavy atom. The molecule has 2 heterocycles. The van der Waals surface area contributed by atoms with Gasteiger partial charge in [-0.2, -0.15) is 4.98 Å². The Kier molecular flexibility index (Phi) is 4.48. The molecular formula is C23H17ClN4O3. The average Bonchev–Trinajstić information content (AvgIpc) is 3.33. The third-order valence-electron chi connectivity index (χ3n) is 5.47. The first-order chi connectivity index (χ1) is 15.0. The molecule has 3 aromatic carbocycles. The number of urea groups is 1. The zero-order chi connectivity index (χ0) is 21.6. The summed E-state index contributed by atoms with van der Waals surface area (Å²) in [4.78, 5) is 31.5. The molecule has 31 heavy (non-hydrogen) atoms. The molecule has 1 unspecified atom stereocenters. The molecule has 154 valence electrons. The van der Waals surface area contributed by atoms with E-state index >= 15 is 0 Å². The van der Waals surface area contributed by atoms with E-state index < -0.39 is 11.6 Å². The van der Waals surface area contributed by atoms with Gasteiger partial charge in [0.15, 0.2) is 0 Å². The van der Waals surface area contributed by atoms with Gasteiger partial charge in [-0.1, -0.05) is 59.2 Å². The number of fused-ring (bicyclic) bond motifs is 1. The van der Waals surface area contributed by atoms with Gasteiger partial charge in [0, 0.05) is 10.6 Å². The van der Waals surface area contributed by atoms with Crippen LogP contribution in [0.3, 0.4) is 0 Å². The molecule has 1 aliphatic rings. The summed E-state index contributed by atoms with van der Waals surface area (Å²) in [5.74, 6) is 0.145. The number of nitrogens with one attached hydrogen (secondary N) is 1. The molecule has 3 amide bonds. The van der Waals surface area contributed by atoms with Gasteiger partial charge >= 0.3 is 6.03 Å². The van der Waals surface area contributed by atoms with Crippen molar-refractivity contribution < 1.29 is 14.1 Å². The summed E-state index contributed by atoms with van der Waals surface area (Å²) in [5.41, 5.74) is 0.257. The molecule has 1 aliphatic heterocycles. The zero-order valence-corrected chi connectivity index (χ0v) is 17.3. The number of carbonyl (C=O) groups is 2. The summed E-state index contributed by atoms with van der Waals surface area (Å²) >= 11 is 5.91. The third-order valence-corrected chi connectivity index (χ3v) is 5.72. The minimum atomic E-state index is -1.20. The van der Waals surface area contributed by atoms with Gasteiger partial charge in [-0.25, -0.2) is 4.79 Å². The van der Waals surface area contributed by atoms with Crippen LogP contribution in [0.15, 0.2) is 71.3 Å². The highest BCUT2D eigenvalue weighted by Gasteiger charge is 2.50. The van der Waals surface area contributed by atoms with Gasteiger partial charge in [0.25, 0.3) is 5.91 Å². The molecule has 0 radical (unpaired) electrons. The van der Waals surface area contributed by atoms with Crippen LogP contribution in [0.1, 0.15) is 18.4 Å². The van der Waals surface area contributed by atoms with Gasteiger partial charge in [0.2, 0.25) is 11.7 Å². The molecule has 1 saturated heterocycles. The van der Waals surface area contributed by atoms with Crippen LogP contribution in [-0.2, 0) is 16.9 Å². The van der Waals surface area contributed by atoms with E-state index in [4.69, 9.17) is 16.1 Å². The van der Waals surface area contributed by atoms with E-state index in [9.17, 15) is 9.59 Å². The molecule has 8 heteroatoms. The average molecular weight is 433 g/mol. The molecule has 1 aromatic heterocycles. The maximum absolute atomic E-state index is 13.3. The summed E-state index contributed by atoms with van der Waals surface area (Å²) < 4.78 is 5.28. The van der Waals surface area contributed by atoms with Crippen molar-refractivity contribution in [2.24, 2.45) is 0 Å². The van der Waals surface area contributed by atoms with Gasteiger partial charge in [-0.05, 0) is 47.5 Å². The molecule has 0 spiro atoms. The molecule has 7 nitrogen and oxygen atoms in total.